The SMILES string of the molecule is CCC(C)OC(=O)C(=O)c1ccccc1. The van der Waals surface area contributed by atoms with Crippen molar-refractivity contribution in [2.24, 2.45) is 0 Å². The molecule has 3 nitrogen and oxygen atoms in total. The van der Waals surface area contributed by atoms with Crippen LogP contribution in [0.2, 0.25) is 0 Å². The zero-order chi connectivity index (χ0) is 11.3. The van der Waals surface area contributed by atoms with Crippen LogP contribution in [0.4, 0.5) is 0 Å². The van der Waals surface area contributed by atoms with Gasteiger partial charge in [-0.3, -0.25) is 4.79 Å². The molecule has 0 radical (unpaired) electrons. The minimum atomic E-state index is -0.782. The molecular weight excluding hydrogens is 192 g/mol. The molecule has 0 heterocycles. The van der Waals surface area contributed by atoms with Crippen molar-refractivity contribution in [1.29, 1.82) is 0 Å². The maximum atomic E-state index is 11.5. The highest BCUT2D eigenvalue weighted by Crippen LogP contribution is 2.04. The van der Waals surface area contributed by atoms with Crippen LogP contribution in [0.5, 0.6) is 0 Å². The molecule has 0 spiro atoms. The van der Waals surface area contributed by atoms with Crippen molar-refractivity contribution in [2.75, 3.05) is 0 Å². The summed E-state index contributed by atoms with van der Waals surface area (Å²) in [4.78, 5) is 22.9. The molecule has 0 aliphatic heterocycles. The third-order valence-electron chi connectivity index (χ3n) is 2.10. The van der Waals surface area contributed by atoms with E-state index in [0.29, 0.717) is 12.0 Å². The van der Waals surface area contributed by atoms with Gasteiger partial charge in [0.05, 0.1) is 6.10 Å². The Morgan fingerprint density at radius 2 is 1.87 bits per heavy atom. The smallest absolute Gasteiger partial charge is 0.379 e. The molecule has 80 valence electrons. The lowest BCUT2D eigenvalue weighted by atomic mass is 10.1. The van der Waals surface area contributed by atoms with Crippen LogP contribution >= 0.6 is 0 Å². The van der Waals surface area contributed by atoms with Crippen LogP contribution in [-0.4, -0.2) is 17.9 Å². The lowest BCUT2D eigenvalue weighted by Crippen LogP contribution is -2.22. The van der Waals surface area contributed by atoms with Gasteiger partial charge >= 0.3 is 5.97 Å². The highest BCUT2D eigenvalue weighted by atomic mass is 16.5. The summed E-state index contributed by atoms with van der Waals surface area (Å²) in [7, 11) is 0. The van der Waals surface area contributed by atoms with E-state index in [0.717, 1.165) is 0 Å². The first-order chi connectivity index (χ1) is 7.15. The van der Waals surface area contributed by atoms with Gasteiger partial charge < -0.3 is 4.74 Å². The number of hydrogen-bond acceptors (Lipinski definition) is 3. The fourth-order valence-corrected chi connectivity index (χ4v) is 1.03. The molecule has 15 heavy (non-hydrogen) atoms. The molecule has 1 unspecified atom stereocenters. The predicted molar refractivity (Wildman–Crippen MR) is 56.6 cm³/mol. The van der Waals surface area contributed by atoms with Gasteiger partial charge in [0.2, 0.25) is 0 Å². The molecule has 1 atom stereocenters. The number of rotatable bonds is 4. The summed E-state index contributed by atoms with van der Waals surface area (Å²) < 4.78 is 4.93. The maximum absolute atomic E-state index is 11.5. The third-order valence-corrected chi connectivity index (χ3v) is 2.10. The Labute approximate surface area is 89.1 Å². The predicted octanol–water partition coefficient (Wildman–Crippen LogP) is 2.21. The molecule has 3 heteroatoms. The molecule has 0 aliphatic carbocycles. The van der Waals surface area contributed by atoms with E-state index in [1.54, 1.807) is 37.3 Å². The van der Waals surface area contributed by atoms with E-state index >= 15 is 0 Å². The minimum Gasteiger partial charge on any atom is -0.457 e. The third kappa shape index (κ3) is 3.20. The van der Waals surface area contributed by atoms with E-state index in [1.807, 2.05) is 6.92 Å². The zero-order valence-electron chi connectivity index (χ0n) is 8.90. The molecule has 1 rings (SSSR count). The number of esters is 1. The van der Waals surface area contributed by atoms with Gasteiger partial charge in [-0.15, -0.1) is 0 Å². The van der Waals surface area contributed by atoms with E-state index < -0.39 is 11.8 Å². The molecule has 1 aromatic carbocycles. The Hall–Kier alpha value is -1.64. The van der Waals surface area contributed by atoms with Gasteiger partial charge in [-0.05, 0) is 13.3 Å². The second-order valence-corrected chi connectivity index (χ2v) is 3.32. The Morgan fingerprint density at radius 1 is 1.27 bits per heavy atom. The average Bonchev–Trinajstić information content (AvgIpc) is 2.29. The van der Waals surface area contributed by atoms with Gasteiger partial charge in [-0.1, -0.05) is 37.3 Å². The van der Waals surface area contributed by atoms with Gasteiger partial charge in [0, 0.05) is 5.56 Å². The molecule has 1 aromatic rings. The average molecular weight is 206 g/mol. The van der Waals surface area contributed by atoms with Crippen LogP contribution in [0, 0.1) is 0 Å². The number of ketones is 1. The Bertz CT molecular complexity index is 343. The minimum absolute atomic E-state index is 0.217. The van der Waals surface area contributed by atoms with E-state index in [4.69, 9.17) is 4.74 Å². The Balaban J connectivity index is 2.66. The first kappa shape index (κ1) is 11.4. The normalized spacial score (nSPS) is 11.9. The molecule has 0 saturated heterocycles. The van der Waals surface area contributed by atoms with Crippen molar-refractivity contribution in [3.8, 4) is 0 Å². The van der Waals surface area contributed by atoms with Crippen LogP contribution in [-0.2, 0) is 9.53 Å². The van der Waals surface area contributed by atoms with Crippen molar-refractivity contribution in [3.63, 3.8) is 0 Å². The molecule has 0 N–H and O–H groups in total. The highest BCUT2D eigenvalue weighted by Gasteiger charge is 2.19. The summed E-state index contributed by atoms with van der Waals surface area (Å²) in [5.74, 6) is -1.37. The second-order valence-electron chi connectivity index (χ2n) is 3.32. The topological polar surface area (TPSA) is 43.4 Å². The van der Waals surface area contributed by atoms with Gasteiger partial charge in [0.25, 0.3) is 5.78 Å². The molecule has 0 fully saturated rings. The number of benzene rings is 1. The van der Waals surface area contributed by atoms with Crippen molar-refractivity contribution in [3.05, 3.63) is 35.9 Å². The maximum Gasteiger partial charge on any atom is 0.379 e. The summed E-state index contributed by atoms with van der Waals surface area (Å²) in [5.41, 5.74) is 0.366. The standard InChI is InChI=1S/C12H14O3/c1-3-9(2)15-12(14)11(13)10-7-5-4-6-8-10/h4-9H,3H2,1-2H3. The van der Waals surface area contributed by atoms with Crippen LogP contribution in [0.1, 0.15) is 30.6 Å². The lowest BCUT2D eigenvalue weighted by Gasteiger charge is -2.09. The van der Waals surface area contributed by atoms with Crippen LogP contribution < -0.4 is 0 Å². The summed E-state index contributed by atoms with van der Waals surface area (Å²) in [5, 5.41) is 0. The molecular formula is C12H14O3. The monoisotopic (exact) mass is 206 g/mol. The molecule has 0 saturated carbocycles. The first-order valence-electron chi connectivity index (χ1n) is 4.95. The Morgan fingerprint density at radius 3 is 2.40 bits per heavy atom. The fourth-order valence-electron chi connectivity index (χ4n) is 1.03. The van der Waals surface area contributed by atoms with E-state index in [2.05, 4.69) is 0 Å². The van der Waals surface area contributed by atoms with E-state index in [1.165, 1.54) is 0 Å². The van der Waals surface area contributed by atoms with Crippen molar-refractivity contribution in [2.45, 2.75) is 26.4 Å². The molecule has 0 aliphatic rings. The van der Waals surface area contributed by atoms with Gasteiger partial charge in [-0.25, -0.2) is 4.79 Å². The van der Waals surface area contributed by atoms with Crippen molar-refractivity contribution >= 4 is 11.8 Å². The van der Waals surface area contributed by atoms with Gasteiger partial charge in [0.1, 0.15) is 0 Å². The molecule has 0 bridgehead atoms. The molecule has 0 amide bonds. The second kappa shape index (κ2) is 5.29. The number of carbonyl (C=O) groups excluding carboxylic acids is 2. The van der Waals surface area contributed by atoms with E-state index in [9.17, 15) is 9.59 Å². The highest BCUT2D eigenvalue weighted by molar-refractivity contribution is 6.40. The summed E-state index contributed by atoms with van der Waals surface area (Å²) in [6.07, 6.45) is 0.485. The number of carbonyl (C=O) groups is 2. The Kier molecular flexibility index (Phi) is 4.03. The number of ether oxygens (including phenoxy) is 1. The van der Waals surface area contributed by atoms with Gasteiger partial charge in [-0.2, -0.15) is 0 Å². The first-order valence-corrected chi connectivity index (χ1v) is 4.95. The van der Waals surface area contributed by atoms with Crippen molar-refractivity contribution in [1.82, 2.24) is 0 Å². The largest absolute Gasteiger partial charge is 0.457 e. The lowest BCUT2D eigenvalue weighted by molar-refractivity contribution is -0.142. The number of Topliss-reactive ketones (excluding diaryl/α,β-unsaturated/α-hetero) is 1. The van der Waals surface area contributed by atoms with Gasteiger partial charge in [0.15, 0.2) is 0 Å². The summed E-state index contributed by atoms with van der Waals surface area (Å²) in [6.45, 7) is 3.65. The summed E-state index contributed by atoms with van der Waals surface area (Å²) in [6, 6.07) is 8.41. The molecule has 0 aromatic heterocycles. The zero-order valence-corrected chi connectivity index (χ0v) is 8.90. The van der Waals surface area contributed by atoms with Crippen LogP contribution in [0.15, 0.2) is 30.3 Å². The van der Waals surface area contributed by atoms with Crippen LogP contribution in [0.3, 0.4) is 0 Å². The quantitative estimate of drug-likeness (QED) is 0.431. The van der Waals surface area contributed by atoms with Crippen LogP contribution in [0.25, 0.3) is 0 Å². The van der Waals surface area contributed by atoms with E-state index in [-0.39, 0.29) is 6.10 Å². The fraction of sp³-hybridized carbons (Fsp3) is 0.333. The number of hydrogen-bond donors (Lipinski definition) is 0. The summed E-state index contributed by atoms with van der Waals surface area (Å²) >= 11 is 0. The van der Waals surface area contributed by atoms with Crippen molar-refractivity contribution < 1.29 is 14.3 Å².